The fourth-order valence-corrected chi connectivity index (χ4v) is 5.62. The van der Waals surface area contributed by atoms with E-state index in [2.05, 4.69) is 27.2 Å². The Morgan fingerprint density at radius 1 is 1.29 bits per heavy atom. The number of likely N-dealkylation sites (tertiary alicyclic amines) is 1. The minimum atomic E-state index is -4.70. The Bertz CT molecular complexity index is 1010. The molecule has 2 aliphatic rings. The third-order valence-electron chi connectivity index (χ3n) is 6.50. The van der Waals surface area contributed by atoms with Crippen LogP contribution in [0.2, 0.25) is 5.02 Å². The zero-order valence-corrected chi connectivity index (χ0v) is 19.6. The molecule has 1 aliphatic heterocycles. The van der Waals surface area contributed by atoms with Gasteiger partial charge < -0.3 is 15.0 Å². The maximum atomic E-state index is 13.4. The van der Waals surface area contributed by atoms with E-state index in [0.717, 1.165) is 19.3 Å². The van der Waals surface area contributed by atoms with Gasteiger partial charge in [-0.2, -0.15) is 15.0 Å². The van der Waals surface area contributed by atoms with Crippen molar-refractivity contribution in [2.45, 2.75) is 63.6 Å². The number of amides is 2. The second-order valence-corrected chi connectivity index (χ2v) is 9.26. The highest BCUT2D eigenvalue weighted by Crippen LogP contribution is 2.53. The number of fused-ring (bicyclic) bond motifs is 2. The molecule has 1 saturated carbocycles. The lowest BCUT2D eigenvalue weighted by Crippen LogP contribution is -2.76. The number of anilines is 1. The Kier molecular flexibility index (Phi) is 7.07. The van der Waals surface area contributed by atoms with Crippen LogP contribution in [0.5, 0.6) is 0 Å². The van der Waals surface area contributed by atoms with Crippen LogP contribution in [-0.4, -0.2) is 63.2 Å². The summed E-state index contributed by atoms with van der Waals surface area (Å²) in [5.41, 5.74) is 0.483. The van der Waals surface area contributed by atoms with Crippen LogP contribution >= 0.6 is 11.6 Å². The Hall–Kier alpha value is -2.37. The largest absolute Gasteiger partial charge is 0.522 e. The van der Waals surface area contributed by atoms with E-state index in [1.807, 2.05) is 11.8 Å². The van der Waals surface area contributed by atoms with E-state index >= 15 is 0 Å². The quantitative estimate of drug-likeness (QED) is 0.513. The summed E-state index contributed by atoms with van der Waals surface area (Å²) in [5.74, 6) is 0.375. The summed E-state index contributed by atoms with van der Waals surface area (Å²) in [6, 6.07) is 4.81. The van der Waals surface area contributed by atoms with Crippen LogP contribution in [0, 0.1) is 5.92 Å². The van der Waals surface area contributed by atoms with Crippen LogP contribution in [0.15, 0.2) is 30.6 Å². The molecule has 0 radical (unpaired) electrons. The number of nitrogens with zero attached hydrogens (tertiary/aromatic N) is 4. The van der Waals surface area contributed by atoms with Crippen molar-refractivity contribution in [2.24, 2.45) is 5.92 Å². The number of carbonyl (C=O) groups excluding carboxylic acids is 1. The molecule has 8 nitrogen and oxygen atoms in total. The molecule has 4 atom stereocenters. The van der Waals surface area contributed by atoms with Gasteiger partial charge in [-0.15, -0.1) is 13.2 Å². The third-order valence-corrected chi connectivity index (χ3v) is 6.82. The topological polar surface area (TPSA) is 81.5 Å². The van der Waals surface area contributed by atoms with Crippen molar-refractivity contribution in [1.29, 1.82) is 0 Å². The SMILES string of the molecule is CC[C@H](OCCOC(F)(F)F)[C@@]12C[C@@H](C)C[C@@H](C1)N2C(=O)Nc1ccc(Cl)c(-n2nccn2)c1. The first-order chi connectivity index (χ1) is 16.1. The molecule has 1 N–H and O–H groups in total. The number of urea groups is 1. The molecule has 186 valence electrons. The fraction of sp³-hybridized carbons (Fsp3) is 0.591. The summed E-state index contributed by atoms with van der Waals surface area (Å²) in [7, 11) is 0. The average Bonchev–Trinajstić information content (AvgIpc) is 3.28. The average molecular weight is 502 g/mol. The molecule has 2 bridgehead atoms. The first kappa shape index (κ1) is 24.7. The Balaban J connectivity index is 1.49. The van der Waals surface area contributed by atoms with Crippen molar-refractivity contribution in [3.63, 3.8) is 0 Å². The van der Waals surface area contributed by atoms with Crippen molar-refractivity contribution in [2.75, 3.05) is 18.5 Å². The number of carbonyl (C=O) groups is 1. The Morgan fingerprint density at radius 2 is 2.03 bits per heavy atom. The summed E-state index contributed by atoms with van der Waals surface area (Å²) in [5, 5.41) is 11.5. The molecular formula is C22H27ClF3N5O3. The highest BCUT2D eigenvalue weighted by Gasteiger charge is 2.61. The van der Waals surface area contributed by atoms with Gasteiger partial charge in [-0.25, -0.2) is 4.79 Å². The van der Waals surface area contributed by atoms with Gasteiger partial charge in [-0.05, 0) is 49.8 Å². The number of benzene rings is 1. The van der Waals surface area contributed by atoms with Gasteiger partial charge in [0.05, 0.1) is 42.3 Å². The van der Waals surface area contributed by atoms with Crippen LogP contribution in [0.1, 0.15) is 39.5 Å². The first-order valence-corrected chi connectivity index (χ1v) is 11.6. The molecule has 0 spiro atoms. The van der Waals surface area contributed by atoms with Gasteiger partial charge in [0, 0.05) is 11.7 Å². The molecule has 1 saturated heterocycles. The Morgan fingerprint density at radius 3 is 2.71 bits per heavy atom. The molecule has 4 rings (SSSR count). The molecule has 1 aromatic heterocycles. The highest BCUT2D eigenvalue weighted by molar-refractivity contribution is 6.32. The van der Waals surface area contributed by atoms with Crippen LogP contribution in [-0.2, 0) is 9.47 Å². The van der Waals surface area contributed by atoms with Gasteiger partial charge >= 0.3 is 12.4 Å². The lowest BCUT2D eigenvalue weighted by atomic mass is 9.61. The van der Waals surface area contributed by atoms with Gasteiger partial charge in [0.1, 0.15) is 5.69 Å². The van der Waals surface area contributed by atoms with Gasteiger partial charge in [-0.3, -0.25) is 4.74 Å². The number of rotatable bonds is 8. The minimum Gasteiger partial charge on any atom is -0.373 e. The number of piperidine rings is 1. The number of alkyl halides is 3. The zero-order chi connectivity index (χ0) is 24.5. The standard InChI is InChI=1S/C22H27ClF3N5O3/c1-3-19(33-8-9-34-22(24,25)26)21-12-14(2)10-16(13-21)30(21)20(32)29-15-4-5-17(23)18(11-15)31-27-6-7-28-31/h4-7,11,14,16,19H,3,8-10,12-13H2,1-2H3,(H,29,32)/t14-,16-,19-,21+/m0/s1. The van der Waals surface area contributed by atoms with Crippen molar-refractivity contribution < 1.29 is 27.4 Å². The molecular weight excluding hydrogens is 475 g/mol. The summed E-state index contributed by atoms with van der Waals surface area (Å²) < 4.78 is 46.6. The predicted octanol–water partition coefficient (Wildman–Crippen LogP) is 5.03. The van der Waals surface area contributed by atoms with Gasteiger partial charge in [0.15, 0.2) is 0 Å². The van der Waals surface area contributed by atoms with Crippen LogP contribution in [0.25, 0.3) is 5.69 Å². The minimum absolute atomic E-state index is 0.0485. The molecule has 1 aliphatic carbocycles. The maximum absolute atomic E-state index is 13.4. The summed E-state index contributed by atoms with van der Waals surface area (Å²) >= 11 is 6.27. The van der Waals surface area contributed by atoms with Gasteiger partial charge in [-0.1, -0.05) is 25.4 Å². The van der Waals surface area contributed by atoms with E-state index in [-0.39, 0.29) is 18.7 Å². The van der Waals surface area contributed by atoms with E-state index in [1.54, 1.807) is 18.2 Å². The lowest BCUT2D eigenvalue weighted by Gasteiger charge is -2.65. The van der Waals surface area contributed by atoms with E-state index in [4.69, 9.17) is 16.3 Å². The molecule has 2 heterocycles. The molecule has 1 aromatic carbocycles. The van der Waals surface area contributed by atoms with Crippen LogP contribution in [0.4, 0.5) is 23.7 Å². The summed E-state index contributed by atoms with van der Waals surface area (Å²) in [6.07, 6.45) is 0.862. The van der Waals surface area contributed by atoms with Crippen molar-refractivity contribution in [1.82, 2.24) is 19.9 Å². The molecule has 2 amide bonds. The molecule has 2 fully saturated rings. The van der Waals surface area contributed by atoms with Gasteiger partial charge in [0.2, 0.25) is 0 Å². The predicted molar refractivity (Wildman–Crippen MR) is 119 cm³/mol. The van der Waals surface area contributed by atoms with Crippen molar-refractivity contribution in [3.8, 4) is 5.69 Å². The normalized spacial score (nSPS) is 25.1. The summed E-state index contributed by atoms with van der Waals surface area (Å²) in [6.45, 7) is 3.25. The number of nitrogens with one attached hydrogen (secondary N) is 1. The number of hydrogen-bond donors (Lipinski definition) is 1. The van der Waals surface area contributed by atoms with E-state index in [0.29, 0.717) is 28.7 Å². The van der Waals surface area contributed by atoms with Crippen molar-refractivity contribution >= 4 is 23.3 Å². The van der Waals surface area contributed by atoms with Crippen LogP contribution < -0.4 is 5.32 Å². The maximum Gasteiger partial charge on any atom is 0.522 e. The van der Waals surface area contributed by atoms with Crippen molar-refractivity contribution in [3.05, 3.63) is 35.6 Å². The monoisotopic (exact) mass is 501 g/mol. The summed E-state index contributed by atoms with van der Waals surface area (Å²) in [4.78, 5) is 16.6. The van der Waals surface area contributed by atoms with E-state index < -0.39 is 24.6 Å². The molecule has 12 heteroatoms. The smallest absolute Gasteiger partial charge is 0.373 e. The van der Waals surface area contributed by atoms with Crippen LogP contribution in [0.3, 0.4) is 0 Å². The second-order valence-electron chi connectivity index (χ2n) is 8.85. The number of aromatic nitrogens is 3. The number of halogens is 4. The fourth-order valence-electron chi connectivity index (χ4n) is 5.42. The molecule has 2 aromatic rings. The third kappa shape index (κ3) is 5.01. The highest BCUT2D eigenvalue weighted by atomic mass is 35.5. The lowest BCUT2D eigenvalue weighted by molar-refractivity contribution is -0.328. The number of ether oxygens (including phenoxy) is 2. The molecule has 0 unspecified atom stereocenters. The second kappa shape index (κ2) is 9.71. The van der Waals surface area contributed by atoms with E-state index in [9.17, 15) is 18.0 Å². The van der Waals surface area contributed by atoms with E-state index in [1.165, 1.54) is 17.2 Å². The zero-order valence-electron chi connectivity index (χ0n) is 18.9. The molecule has 34 heavy (non-hydrogen) atoms. The Labute approximate surface area is 200 Å². The van der Waals surface area contributed by atoms with Gasteiger partial charge in [0.25, 0.3) is 0 Å². The first-order valence-electron chi connectivity index (χ1n) is 11.2. The number of hydrogen-bond acceptors (Lipinski definition) is 5.